The Bertz CT molecular complexity index is 2450. The SMILES string of the molecule is Cc1ccc2c3c1c1ccccc1c1nc(Br)c(n13)CC2(C)C.Cc1nc2c3ccccc3c3c(C)ccc4c3n2c1CC4(C)C. The third-order valence-corrected chi connectivity index (χ3v) is 11.5. The van der Waals surface area contributed by atoms with Crippen LogP contribution in [0.5, 0.6) is 0 Å². The number of nitrogens with zero attached hydrogens (tertiary/aromatic N) is 4. The highest BCUT2D eigenvalue weighted by Gasteiger charge is 2.35. The van der Waals surface area contributed by atoms with E-state index in [0.29, 0.717) is 0 Å². The number of hydrogen-bond acceptors (Lipinski definition) is 2. The molecule has 0 bridgehead atoms. The Hall–Kier alpha value is -4.22. The van der Waals surface area contributed by atoms with E-state index in [-0.39, 0.29) is 10.8 Å². The second kappa shape index (κ2) is 9.19. The number of aromatic nitrogens is 4. The van der Waals surface area contributed by atoms with Crippen LogP contribution in [0.3, 0.4) is 0 Å². The molecule has 10 rings (SSSR count). The van der Waals surface area contributed by atoms with Gasteiger partial charge in [-0.25, -0.2) is 9.97 Å². The van der Waals surface area contributed by atoms with E-state index >= 15 is 0 Å². The van der Waals surface area contributed by atoms with E-state index in [0.717, 1.165) is 28.7 Å². The van der Waals surface area contributed by atoms with Gasteiger partial charge in [0.15, 0.2) is 0 Å². The summed E-state index contributed by atoms with van der Waals surface area (Å²) in [4.78, 5) is 9.82. The van der Waals surface area contributed by atoms with Crippen molar-refractivity contribution in [1.29, 1.82) is 0 Å². The van der Waals surface area contributed by atoms with Crippen molar-refractivity contribution < 1.29 is 0 Å². The third-order valence-electron chi connectivity index (χ3n) is 10.9. The summed E-state index contributed by atoms with van der Waals surface area (Å²) in [6.07, 6.45) is 2.04. The molecule has 8 aromatic rings. The average molecular weight is 666 g/mol. The molecule has 0 saturated carbocycles. The van der Waals surface area contributed by atoms with Gasteiger partial charge in [0.2, 0.25) is 0 Å². The summed E-state index contributed by atoms with van der Waals surface area (Å²) in [5.74, 6) is 0. The first-order chi connectivity index (χ1) is 22.0. The fourth-order valence-corrected chi connectivity index (χ4v) is 9.12. The number of aryl methyl sites for hydroxylation is 3. The van der Waals surface area contributed by atoms with E-state index in [1.54, 1.807) is 0 Å². The minimum absolute atomic E-state index is 0.111. The maximum atomic E-state index is 4.95. The highest BCUT2D eigenvalue weighted by atomic mass is 79.9. The molecule has 0 unspecified atom stereocenters. The number of pyridine rings is 2. The van der Waals surface area contributed by atoms with Crippen LogP contribution >= 0.6 is 15.9 Å². The molecule has 0 amide bonds. The molecule has 0 radical (unpaired) electrons. The van der Waals surface area contributed by atoms with Crippen molar-refractivity contribution in [2.75, 3.05) is 0 Å². The lowest BCUT2D eigenvalue weighted by atomic mass is 9.76. The maximum Gasteiger partial charge on any atom is 0.146 e. The standard InChI is InChI=1S/C21H20N2.C20H17BrN2/c1-12-9-10-16-19-18(12)14-7-5-6-8-15(14)20-22-13(2)17(23(19)20)11-21(16,3)4;1-11-8-9-14-17-16(11)12-6-4-5-7-13(12)19-22-18(21)15(23(17)19)10-20(14,2)3/h5-10H,11H2,1-4H3;4-9H,10H2,1-3H3. The van der Waals surface area contributed by atoms with Crippen LogP contribution in [0.15, 0.2) is 77.4 Å². The second-order valence-electron chi connectivity index (χ2n) is 14.8. The number of rotatable bonds is 0. The fourth-order valence-electron chi connectivity index (χ4n) is 8.63. The first-order valence-electron chi connectivity index (χ1n) is 16.3. The van der Waals surface area contributed by atoms with E-state index in [1.807, 2.05) is 0 Å². The van der Waals surface area contributed by atoms with E-state index < -0.39 is 0 Å². The predicted octanol–water partition coefficient (Wildman–Crippen LogP) is 10.6. The summed E-state index contributed by atoms with van der Waals surface area (Å²) in [5.41, 5.74) is 14.5. The third kappa shape index (κ3) is 3.55. The molecular weight excluding hydrogens is 628 g/mol. The Morgan fingerprint density at radius 1 is 0.565 bits per heavy atom. The molecule has 6 heterocycles. The minimum Gasteiger partial charge on any atom is -0.296 e. The molecule has 4 aromatic carbocycles. The van der Waals surface area contributed by atoms with Gasteiger partial charge < -0.3 is 0 Å². The largest absolute Gasteiger partial charge is 0.296 e. The summed E-state index contributed by atoms with van der Waals surface area (Å²) in [6, 6.07) is 26.5. The Morgan fingerprint density at radius 3 is 1.52 bits per heavy atom. The first kappa shape index (κ1) is 28.0. The molecule has 228 valence electrons. The number of benzene rings is 4. The normalized spacial score (nSPS) is 16.0. The van der Waals surface area contributed by atoms with Gasteiger partial charge in [0.25, 0.3) is 0 Å². The molecule has 0 saturated heterocycles. The highest BCUT2D eigenvalue weighted by Crippen LogP contribution is 2.45. The van der Waals surface area contributed by atoms with Crippen LogP contribution in [0.2, 0.25) is 0 Å². The molecule has 2 aliphatic heterocycles. The highest BCUT2D eigenvalue weighted by molar-refractivity contribution is 9.10. The van der Waals surface area contributed by atoms with Crippen molar-refractivity contribution in [2.45, 2.75) is 72.1 Å². The van der Waals surface area contributed by atoms with Crippen LogP contribution < -0.4 is 0 Å². The topological polar surface area (TPSA) is 34.6 Å². The molecule has 2 aliphatic rings. The molecule has 0 fully saturated rings. The Morgan fingerprint density at radius 2 is 1.00 bits per heavy atom. The lowest BCUT2D eigenvalue weighted by Gasteiger charge is -2.32. The van der Waals surface area contributed by atoms with E-state index in [1.165, 1.54) is 82.7 Å². The summed E-state index contributed by atoms with van der Waals surface area (Å²) in [6.45, 7) is 16.0. The Kier molecular flexibility index (Phi) is 5.60. The van der Waals surface area contributed by atoms with Gasteiger partial charge >= 0.3 is 0 Å². The number of imidazole rings is 2. The first-order valence-corrected chi connectivity index (χ1v) is 17.1. The van der Waals surface area contributed by atoms with Crippen molar-refractivity contribution in [3.63, 3.8) is 0 Å². The lowest BCUT2D eigenvalue weighted by molar-refractivity contribution is 0.504. The second-order valence-corrected chi connectivity index (χ2v) is 15.6. The van der Waals surface area contributed by atoms with Crippen molar-refractivity contribution >= 4 is 70.6 Å². The number of halogens is 1. The maximum absolute atomic E-state index is 4.95. The molecule has 46 heavy (non-hydrogen) atoms. The molecular formula is C41H37BrN4. The summed E-state index contributed by atoms with van der Waals surface area (Å²) in [7, 11) is 0. The molecule has 0 spiro atoms. The van der Waals surface area contributed by atoms with Crippen LogP contribution in [0.25, 0.3) is 54.6 Å². The van der Waals surface area contributed by atoms with Gasteiger partial charge in [-0.2, -0.15) is 0 Å². The lowest BCUT2D eigenvalue weighted by Crippen LogP contribution is -2.27. The van der Waals surface area contributed by atoms with Gasteiger partial charge in [-0.1, -0.05) is 100 Å². The van der Waals surface area contributed by atoms with Crippen LogP contribution in [0.1, 0.15) is 67.0 Å². The molecule has 4 aromatic heterocycles. The fraction of sp³-hybridized carbons (Fsp3) is 0.268. The molecule has 0 N–H and O–H groups in total. The van der Waals surface area contributed by atoms with Crippen LogP contribution in [-0.4, -0.2) is 18.8 Å². The van der Waals surface area contributed by atoms with E-state index in [2.05, 4.69) is 146 Å². The van der Waals surface area contributed by atoms with Gasteiger partial charge in [-0.15, -0.1) is 0 Å². The Labute approximate surface area is 277 Å². The summed E-state index contributed by atoms with van der Waals surface area (Å²) in [5, 5.41) is 7.86. The van der Waals surface area contributed by atoms with E-state index in [4.69, 9.17) is 9.97 Å². The molecule has 0 aliphatic carbocycles. The number of fused-ring (bicyclic) bond motifs is 6. The zero-order valence-corrected chi connectivity index (χ0v) is 29.1. The van der Waals surface area contributed by atoms with Crippen molar-refractivity contribution in [1.82, 2.24) is 18.8 Å². The predicted molar refractivity (Wildman–Crippen MR) is 196 cm³/mol. The Balaban J connectivity index is 0.000000127. The van der Waals surface area contributed by atoms with Crippen LogP contribution in [0.4, 0.5) is 0 Å². The monoisotopic (exact) mass is 664 g/mol. The average Bonchev–Trinajstić information content (AvgIpc) is 3.53. The van der Waals surface area contributed by atoms with Crippen molar-refractivity contribution in [2.24, 2.45) is 0 Å². The quantitative estimate of drug-likeness (QED) is 0.151. The zero-order chi connectivity index (χ0) is 31.9. The molecule has 5 heteroatoms. The van der Waals surface area contributed by atoms with Gasteiger partial charge in [0.1, 0.15) is 15.9 Å². The van der Waals surface area contributed by atoms with Crippen molar-refractivity contribution in [3.8, 4) is 0 Å². The summed E-state index contributed by atoms with van der Waals surface area (Å²) < 4.78 is 5.80. The van der Waals surface area contributed by atoms with Crippen LogP contribution in [-0.2, 0) is 23.7 Å². The van der Waals surface area contributed by atoms with Crippen LogP contribution in [0, 0.1) is 20.8 Å². The van der Waals surface area contributed by atoms with Gasteiger partial charge in [0, 0.05) is 33.7 Å². The summed E-state index contributed by atoms with van der Waals surface area (Å²) >= 11 is 3.71. The zero-order valence-electron chi connectivity index (χ0n) is 27.5. The smallest absolute Gasteiger partial charge is 0.146 e. The molecule has 0 atom stereocenters. The van der Waals surface area contributed by atoms with Gasteiger partial charge in [0.05, 0.1) is 22.4 Å². The van der Waals surface area contributed by atoms with Crippen molar-refractivity contribution in [3.05, 3.63) is 117 Å². The minimum atomic E-state index is 0.111. The van der Waals surface area contributed by atoms with Gasteiger partial charge in [-0.3, -0.25) is 8.80 Å². The van der Waals surface area contributed by atoms with E-state index in [9.17, 15) is 0 Å². The number of hydrogen-bond donors (Lipinski definition) is 0. The molecule has 4 nitrogen and oxygen atoms in total. The van der Waals surface area contributed by atoms with Gasteiger partial charge in [-0.05, 0) is 87.0 Å².